The number of aromatic nitrogens is 1. The standard InChI is InChI=1S/C18H14ClF3N2O3/c19-14-5-6-15(17-13(14)4-1-7-23-17)27-10-16(25)24(11-18(20,21)22)9-12-3-2-8-26-12/h1-8H,9-11H2. The fraction of sp³-hybridized carbons (Fsp3) is 0.222. The van der Waals surface area contributed by atoms with Gasteiger partial charge in [0.25, 0.3) is 5.91 Å². The maximum atomic E-state index is 12.8. The Bertz CT molecular complexity index is 929. The molecule has 0 saturated carbocycles. The zero-order valence-electron chi connectivity index (χ0n) is 13.9. The van der Waals surface area contributed by atoms with Crippen molar-refractivity contribution in [2.24, 2.45) is 0 Å². The lowest BCUT2D eigenvalue weighted by Crippen LogP contribution is -2.40. The highest BCUT2D eigenvalue weighted by atomic mass is 35.5. The second-order valence-corrected chi connectivity index (χ2v) is 6.09. The molecule has 5 nitrogen and oxygen atoms in total. The smallest absolute Gasteiger partial charge is 0.406 e. The van der Waals surface area contributed by atoms with Crippen LogP contribution in [0.4, 0.5) is 13.2 Å². The molecule has 0 aliphatic carbocycles. The van der Waals surface area contributed by atoms with Crippen LogP contribution in [0.2, 0.25) is 5.02 Å². The summed E-state index contributed by atoms with van der Waals surface area (Å²) < 4.78 is 48.9. The van der Waals surface area contributed by atoms with E-state index < -0.39 is 25.2 Å². The number of pyridine rings is 1. The van der Waals surface area contributed by atoms with E-state index in [0.29, 0.717) is 20.8 Å². The van der Waals surface area contributed by atoms with Crippen molar-refractivity contribution in [3.63, 3.8) is 0 Å². The number of alkyl halides is 3. The SMILES string of the molecule is O=C(COc1ccc(Cl)c2cccnc12)N(Cc1ccco1)CC(F)(F)F. The number of hydrogen-bond donors (Lipinski definition) is 0. The molecule has 0 aliphatic rings. The first kappa shape index (κ1) is 19.0. The fourth-order valence-corrected chi connectivity index (χ4v) is 2.71. The third-order valence-electron chi connectivity index (χ3n) is 3.68. The summed E-state index contributed by atoms with van der Waals surface area (Å²) in [5.41, 5.74) is 0.422. The maximum Gasteiger partial charge on any atom is 0.406 e. The van der Waals surface area contributed by atoms with Crippen molar-refractivity contribution in [3.8, 4) is 5.75 Å². The molecule has 142 valence electrons. The van der Waals surface area contributed by atoms with Crippen LogP contribution in [0.25, 0.3) is 10.9 Å². The van der Waals surface area contributed by atoms with Crippen LogP contribution in [-0.2, 0) is 11.3 Å². The molecule has 0 atom stereocenters. The number of nitrogens with zero attached hydrogens (tertiary/aromatic N) is 2. The highest BCUT2D eigenvalue weighted by Gasteiger charge is 2.33. The van der Waals surface area contributed by atoms with Crippen LogP contribution in [0.5, 0.6) is 5.75 Å². The van der Waals surface area contributed by atoms with Crippen LogP contribution in [0.1, 0.15) is 5.76 Å². The molecule has 0 saturated heterocycles. The number of halogens is 4. The van der Waals surface area contributed by atoms with E-state index in [1.165, 1.54) is 30.7 Å². The van der Waals surface area contributed by atoms with Crippen LogP contribution >= 0.6 is 11.6 Å². The third-order valence-corrected chi connectivity index (χ3v) is 4.01. The summed E-state index contributed by atoms with van der Waals surface area (Å²) in [4.78, 5) is 17.1. The molecule has 1 amide bonds. The lowest BCUT2D eigenvalue weighted by Gasteiger charge is -2.23. The molecule has 9 heteroatoms. The number of amides is 1. The summed E-state index contributed by atoms with van der Waals surface area (Å²) in [6.45, 7) is -2.30. The molecule has 3 rings (SSSR count). The van der Waals surface area contributed by atoms with E-state index in [-0.39, 0.29) is 18.1 Å². The molecular weight excluding hydrogens is 385 g/mol. The van der Waals surface area contributed by atoms with Crippen LogP contribution in [0.3, 0.4) is 0 Å². The average molecular weight is 399 g/mol. The van der Waals surface area contributed by atoms with Gasteiger partial charge < -0.3 is 14.1 Å². The number of ether oxygens (including phenoxy) is 1. The number of fused-ring (bicyclic) bond motifs is 1. The predicted octanol–water partition coefficient (Wildman–Crippen LogP) is 4.45. The van der Waals surface area contributed by atoms with Crippen molar-refractivity contribution in [3.05, 3.63) is 59.6 Å². The van der Waals surface area contributed by atoms with E-state index >= 15 is 0 Å². The zero-order chi connectivity index (χ0) is 19.4. The molecule has 1 aromatic carbocycles. The number of carbonyl (C=O) groups is 1. The summed E-state index contributed by atoms with van der Waals surface area (Å²) in [5, 5.41) is 1.07. The van der Waals surface area contributed by atoms with Crippen molar-refractivity contribution in [2.75, 3.05) is 13.2 Å². The Kier molecular flexibility index (Phi) is 5.55. The van der Waals surface area contributed by atoms with Gasteiger partial charge in [0.2, 0.25) is 0 Å². The lowest BCUT2D eigenvalue weighted by atomic mass is 10.2. The van der Waals surface area contributed by atoms with E-state index in [2.05, 4.69) is 4.98 Å². The Hall–Kier alpha value is -2.74. The average Bonchev–Trinajstić information content (AvgIpc) is 3.12. The molecule has 3 aromatic rings. The summed E-state index contributed by atoms with van der Waals surface area (Å²) in [6, 6.07) is 9.54. The Morgan fingerprint density at radius 1 is 1.22 bits per heavy atom. The minimum atomic E-state index is -4.54. The first-order valence-electron chi connectivity index (χ1n) is 7.86. The number of rotatable bonds is 6. The maximum absolute atomic E-state index is 12.8. The molecule has 0 fully saturated rings. The van der Waals surface area contributed by atoms with Gasteiger partial charge in [0, 0.05) is 11.6 Å². The topological polar surface area (TPSA) is 55.6 Å². The van der Waals surface area contributed by atoms with Crippen molar-refractivity contribution in [1.82, 2.24) is 9.88 Å². The molecular formula is C18H14ClF3N2O3. The normalized spacial score (nSPS) is 11.6. The second-order valence-electron chi connectivity index (χ2n) is 5.68. The lowest BCUT2D eigenvalue weighted by molar-refractivity contribution is -0.164. The number of carbonyl (C=O) groups excluding carboxylic acids is 1. The summed E-state index contributed by atoms with van der Waals surface area (Å²) >= 11 is 6.09. The largest absolute Gasteiger partial charge is 0.481 e. The van der Waals surface area contributed by atoms with Gasteiger partial charge in [-0.05, 0) is 36.4 Å². The molecule has 27 heavy (non-hydrogen) atoms. The van der Waals surface area contributed by atoms with Gasteiger partial charge in [-0.1, -0.05) is 11.6 Å². The Balaban J connectivity index is 1.75. The minimum absolute atomic E-state index is 0.242. The third kappa shape index (κ3) is 4.91. The van der Waals surface area contributed by atoms with Crippen LogP contribution in [0.15, 0.2) is 53.3 Å². The molecule has 0 radical (unpaired) electrons. The van der Waals surface area contributed by atoms with Crippen molar-refractivity contribution >= 4 is 28.4 Å². The number of furan rings is 1. The Morgan fingerprint density at radius 2 is 2.04 bits per heavy atom. The summed E-state index contributed by atoms with van der Waals surface area (Å²) in [6.07, 6.45) is -1.69. The van der Waals surface area contributed by atoms with E-state index in [4.69, 9.17) is 20.8 Å². The van der Waals surface area contributed by atoms with Gasteiger partial charge in [0.1, 0.15) is 23.6 Å². The zero-order valence-corrected chi connectivity index (χ0v) is 14.6. The molecule has 2 aromatic heterocycles. The fourth-order valence-electron chi connectivity index (χ4n) is 2.50. The minimum Gasteiger partial charge on any atom is -0.481 e. The highest BCUT2D eigenvalue weighted by molar-refractivity contribution is 6.35. The van der Waals surface area contributed by atoms with Gasteiger partial charge in [-0.2, -0.15) is 13.2 Å². The molecule has 0 spiro atoms. The molecule has 0 bridgehead atoms. The predicted molar refractivity (Wildman–Crippen MR) is 92.4 cm³/mol. The van der Waals surface area contributed by atoms with Crippen LogP contribution in [-0.4, -0.2) is 35.1 Å². The molecule has 2 heterocycles. The number of benzene rings is 1. The van der Waals surface area contributed by atoms with Gasteiger partial charge in [-0.15, -0.1) is 0 Å². The van der Waals surface area contributed by atoms with Crippen LogP contribution in [0, 0.1) is 0 Å². The highest BCUT2D eigenvalue weighted by Crippen LogP contribution is 2.29. The van der Waals surface area contributed by atoms with Crippen molar-refractivity contribution in [2.45, 2.75) is 12.7 Å². The first-order chi connectivity index (χ1) is 12.8. The van der Waals surface area contributed by atoms with Crippen molar-refractivity contribution < 1.29 is 27.1 Å². The van der Waals surface area contributed by atoms with E-state index in [0.717, 1.165) is 0 Å². The molecule has 0 unspecified atom stereocenters. The monoisotopic (exact) mass is 398 g/mol. The first-order valence-corrected chi connectivity index (χ1v) is 8.24. The van der Waals surface area contributed by atoms with Gasteiger partial charge >= 0.3 is 6.18 Å². The summed E-state index contributed by atoms with van der Waals surface area (Å²) in [5.74, 6) is -0.331. The van der Waals surface area contributed by atoms with E-state index in [1.54, 1.807) is 18.2 Å². The van der Waals surface area contributed by atoms with Gasteiger partial charge in [-0.3, -0.25) is 9.78 Å². The second kappa shape index (κ2) is 7.87. The van der Waals surface area contributed by atoms with Crippen LogP contribution < -0.4 is 4.74 Å². The van der Waals surface area contributed by atoms with E-state index in [9.17, 15) is 18.0 Å². The van der Waals surface area contributed by atoms with Gasteiger partial charge in [-0.25, -0.2) is 0 Å². The number of hydrogen-bond acceptors (Lipinski definition) is 4. The van der Waals surface area contributed by atoms with Gasteiger partial charge in [0.05, 0.1) is 17.8 Å². The van der Waals surface area contributed by atoms with E-state index in [1.807, 2.05) is 0 Å². The van der Waals surface area contributed by atoms with Gasteiger partial charge in [0.15, 0.2) is 6.61 Å². The summed E-state index contributed by atoms with van der Waals surface area (Å²) in [7, 11) is 0. The Morgan fingerprint density at radius 3 is 2.74 bits per heavy atom. The molecule has 0 aliphatic heterocycles. The Labute approximate surface area is 157 Å². The quantitative estimate of drug-likeness (QED) is 0.615. The molecule has 0 N–H and O–H groups in total. The van der Waals surface area contributed by atoms with Crippen molar-refractivity contribution in [1.29, 1.82) is 0 Å².